The van der Waals surface area contributed by atoms with Crippen molar-refractivity contribution in [2.24, 2.45) is 0 Å². The molecule has 0 heterocycles. The summed E-state index contributed by atoms with van der Waals surface area (Å²) in [4.78, 5) is 0. The molecule has 2 aliphatic carbocycles. The van der Waals surface area contributed by atoms with Crippen molar-refractivity contribution in [1.82, 2.24) is 0 Å². The highest BCUT2D eigenvalue weighted by molar-refractivity contribution is 5.79. The molecular weight excluding hydrogens is 276 g/mol. The summed E-state index contributed by atoms with van der Waals surface area (Å²) in [6.07, 6.45) is 3.29. The molecule has 0 aromatic heterocycles. The van der Waals surface area contributed by atoms with Gasteiger partial charge in [-0.3, -0.25) is 0 Å². The SMILES string of the molecule is CC1=C(C)c2c(cccc2Cc2cccc3c2C(C)=C(C)C3)C1. The Morgan fingerprint density at radius 1 is 0.652 bits per heavy atom. The maximum absolute atomic E-state index is 2.32. The molecule has 0 unspecified atom stereocenters. The van der Waals surface area contributed by atoms with Crippen LogP contribution < -0.4 is 0 Å². The Morgan fingerprint density at radius 3 is 1.52 bits per heavy atom. The topological polar surface area (TPSA) is 0 Å². The largest absolute Gasteiger partial charge is 0.0654 e. The van der Waals surface area contributed by atoms with E-state index in [9.17, 15) is 0 Å². The van der Waals surface area contributed by atoms with E-state index in [0.717, 1.165) is 19.3 Å². The number of rotatable bonds is 2. The molecule has 0 N–H and O–H groups in total. The average molecular weight is 300 g/mol. The maximum atomic E-state index is 2.32. The van der Waals surface area contributed by atoms with Gasteiger partial charge in [0.1, 0.15) is 0 Å². The summed E-state index contributed by atoms with van der Waals surface area (Å²) >= 11 is 0. The monoisotopic (exact) mass is 300 g/mol. The highest BCUT2D eigenvalue weighted by Crippen LogP contribution is 2.39. The fourth-order valence-corrected chi connectivity index (χ4v) is 4.33. The van der Waals surface area contributed by atoms with Gasteiger partial charge in [0, 0.05) is 0 Å². The van der Waals surface area contributed by atoms with Gasteiger partial charge in [-0.1, -0.05) is 47.5 Å². The second-order valence-electron chi connectivity index (χ2n) is 7.24. The summed E-state index contributed by atoms with van der Waals surface area (Å²) in [7, 11) is 0. The second-order valence-corrected chi connectivity index (χ2v) is 7.24. The predicted molar refractivity (Wildman–Crippen MR) is 99.6 cm³/mol. The van der Waals surface area contributed by atoms with Gasteiger partial charge in [0.05, 0.1) is 0 Å². The third kappa shape index (κ3) is 2.20. The first kappa shape index (κ1) is 14.5. The van der Waals surface area contributed by atoms with E-state index in [1.54, 1.807) is 0 Å². The predicted octanol–water partition coefficient (Wildman–Crippen LogP) is 5.98. The fraction of sp³-hybridized carbons (Fsp3) is 0.304. The van der Waals surface area contributed by atoms with E-state index in [-0.39, 0.29) is 0 Å². The van der Waals surface area contributed by atoms with Crippen molar-refractivity contribution in [2.75, 3.05) is 0 Å². The molecule has 2 aromatic rings. The van der Waals surface area contributed by atoms with Crippen LogP contribution in [0.25, 0.3) is 11.1 Å². The van der Waals surface area contributed by atoms with Gasteiger partial charge < -0.3 is 0 Å². The summed E-state index contributed by atoms with van der Waals surface area (Å²) < 4.78 is 0. The minimum atomic E-state index is 1.04. The number of hydrogen-bond donors (Lipinski definition) is 0. The first-order valence-electron chi connectivity index (χ1n) is 8.61. The van der Waals surface area contributed by atoms with Gasteiger partial charge in [-0.25, -0.2) is 0 Å². The van der Waals surface area contributed by atoms with Crippen LogP contribution in [0.4, 0.5) is 0 Å². The molecule has 0 saturated heterocycles. The molecule has 0 amide bonds. The Kier molecular flexibility index (Phi) is 3.30. The summed E-state index contributed by atoms with van der Waals surface area (Å²) in [6.45, 7) is 9.12. The molecule has 2 aliphatic rings. The van der Waals surface area contributed by atoms with E-state index in [1.807, 2.05) is 0 Å². The smallest absolute Gasteiger partial charge is 0.00135 e. The second kappa shape index (κ2) is 5.23. The lowest BCUT2D eigenvalue weighted by Crippen LogP contribution is -1.99. The molecule has 0 atom stereocenters. The molecule has 0 nitrogen and oxygen atoms in total. The maximum Gasteiger partial charge on any atom is -0.00135 e. The molecule has 0 aliphatic heterocycles. The molecule has 0 fully saturated rings. The van der Waals surface area contributed by atoms with Crippen molar-refractivity contribution < 1.29 is 0 Å². The zero-order chi connectivity index (χ0) is 16.1. The van der Waals surface area contributed by atoms with E-state index in [2.05, 4.69) is 64.1 Å². The molecule has 4 rings (SSSR count). The van der Waals surface area contributed by atoms with Gasteiger partial charge in [0.25, 0.3) is 0 Å². The van der Waals surface area contributed by atoms with Crippen molar-refractivity contribution in [3.63, 3.8) is 0 Å². The summed E-state index contributed by atoms with van der Waals surface area (Å²) in [5.41, 5.74) is 15.1. The van der Waals surface area contributed by atoms with E-state index < -0.39 is 0 Å². The van der Waals surface area contributed by atoms with Crippen LogP contribution in [0.15, 0.2) is 47.5 Å². The van der Waals surface area contributed by atoms with Gasteiger partial charge in [-0.2, -0.15) is 0 Å². The van der Waals surface area contributed by atoms with Crippen LogP contribution in [0, 0.1) is 0 Å². The highest BCUT2D eigenvalue weighted by Gasteiger charge is 2.22. The third-order valence-electron chi connectivity index (χ3n) is 5.80. The van der Waals surface area contributed by atoms with Crippen LogP contribution in [0.5, 0.6) is 0 Å². The summed E-state index contributed by atoms with van der Waals surface area (Å²) in [5, 5.41) is 0. The van der Waals surface area contributed by atoms with Gasteiger partial charge in [0.2, 0.25) is 0 Å². The number of fused-ring (bicyclic) bond motifs is 2. The molecule has 0 spiro atoms. The van der Waals surface area contributed by atoms with E-state index in [0.29, 0.717) is 0 Å². The van der Waals surface area contributed by atoms with Crippen molar-refractivity contribution in [2.45, 2.75) is 47.0 Å². The van der Waals surface area contributed by atoms with Crippen molar-refractivity contribution in [1.29, 1.82) is 0 Å². The van der Waals surface area contributed by atoms with E-state index >= 15 is 0 Å². The van der Waals surface area contributed by atoms with E-state index in [1.165, 1.54) is 55.7 Å². The Hall–Kier alpha value is -2.08. The van der Waals surface area contributed by atoms with E-state index in [4.69, 9.17) is 0 Å². The Balaban J connectivity index is 1.81. The molecule has 0 heteroatoms. The van der Waals surface area contributed by atoms with Crippen LogP contribution in [0.3, 0.4) is 0 Å². The Bertz CT molecular complexity index is 801. The molecule has 2 aromatic carbocycles. The summed E-state index contributed by atoms with van der Waals surface area (Å²) in [5.74, 6) is 0. The first-order valence-corrected chi connectivity index (χ1v) is 8.61. The van der Waals surface area contributed by atoms with Gasteiger partial charge in [-0.05, 0) is 91.5 Å². The zero-order valence-corrected chi connectivity index (χ0v) is 14.6. The van der Waals surface area contributed by atoms with Gasteiger partial charge in [-0.15, -0.1) is 0 Å². The molecule has 0 bridgehead atoms. The Labute approximate surface area is 139 Å². The van der Waals surface area contributed by atoms with Crippen molar-refractivity contribution >= 4 is 11.1 Å². The number of hydrogen-bond acceptors (Lipinski definition) is 0. The van der Waals surface area contributed by atoms with Crippen LogP contribution >= 0.6 is 0 Å². The molecule has 23 heavy (non-hydrogen) atoms. The fourth-order valence-electron chi connectivity index (χ4n) is 4.33. The molecule has 0 saturated carbocycles. The minimum Gasteiger partial charge on any atom is -0.0654 e. The zero-order valence-electron chi connectivity index (χ0n) is 14.6. The number of allylic oxidation sites excluding steroid dienone is 4. The van der Waals surface area contributed by atoms with Crippen LogP contribution in [0.2, 0.25) is 0 Å². The first-order chi connectivity index (χ1) is 11.1. The standard InChI is InChI=1S/C23H24/c1-14-11-18-7-5-9-20(22(18)16(14)3)13-21-10-6-8-19-12-15(2)17(4)23(19)21/h5-10H,11-13H2,1-4H3. The molecule has 116 valence electrons. The number of benzene rings is 2. The van der Waals surface area contributed by atoms with Crippen LogP contribution in [-0.4, -0.2) is 0 Å². The van der Waals surface area contributed by atoms with Crippen LogP contribution in [0.1, 0.15) is 61.1 Å². The minimum absolute atomic E-state index is 1.04. The van der Waals surface area contributed by atoms with Crippen molar-refractivity contribution in [3.05, 3.63) is 80.9 Å². The van der Waals surface area contributed by atoms with Gasteiger partial charge in [0.15, 0.2) is 0 Å². The Morgan fingerprint density at radius 2 is 1.09 bits per heavy atom. The lowest BCUT2D eigenvalue weighted by molar-refractivity contribution is 1.13. The highest BCUT2D eigenvalue weighted by atomic mass is 14.3. The average Bonchev–Trinajstić information content (AvgIpc) is 2.98. The van der Waals surface area contributed by atoms with Crippen molar-refractivity contribution in [3.8, 4) is 0 Å². The van der Waals surface area contributed by atoms with Gasteiger partial charge >= 0.3 is 0 Å². The molecular formula is C23H24. The molecule has 0 radical (unpaired) electrons. The third-order valence-corrected chi connectivity index (χ3v) is 5.80. The quantitative estimate of drug-likeness (QED) is 0.640. The normalized spacial score (nSPS) is 16.2. The van der Waals surface area contributed by atoms with Crippen LogP contribution in [-0.2, 0) is 19.3 Å². The lowest BCUT2D eigenvalue weighted by Gasteiger charge is -2.14. The summed E-state index contributed by atoms with van der Waals surface area (Å²) in [6, 6.07) is 13.7. The lowest BCUT2D eigenvalue weighted by atomic mass is 9.90.